The molecule has 1 aromatic heterocycles. The number of fused-ring (bicyclic) bond motifs is 1. The van der Waals surface area contributed by atoms with Gasteiger partial charge < -0.3 is 0 Å². The van der Waals surface area contributed by atoms with Crippen molar-refractivity contribution in [3.05, 3.63) is 76.1 Å². The summed E-state index contributed by atoms with van der Waals surface area (Å²) in [6.45, 7) is 1.86. The Morgan fingerprint density at radius 3 is 2.64 bits per heavy atom. The van der Waals surface area contributed by atoms with Crippen LogP contribution in [0.15, 0.2) is 53.3 Å². The lowest BCUT2D eigenvalue weighted by Crippen LogP contribution is -2.36. The van der Waals surface area contributed by atoms with Gasteiger partial charge in [-0.2, -0.15) is 0 Å². The van der Waals surface area contributed by atoms with E-state index in [1.54, 1.807) is 36.4 Å². The van der Waals surface area contributed by atoms with Crippen LogP contribution in [0.3, 0.4) is 0 Å². The van der Waals surface area contributed by atoms with Crippen LogP contribution in [0, 0.1) is 5.82 Å². The molecule has 0 atom stereocenters. The van der Waals surface area contributed by atoms with Crippen LogP contribution < -0.4 is 11.0 Å². The molecule has 0 aliphatic rings. The lowest BCUT2D eigenvalue weighted by molar-refractivity contribution is -0.117. The third-order valence-corrected chi connectivity index (χ3v) is 3.98. The van der Waals surface area contributed by atoms with E-state index in [4.69, 9.17) is 0 Å². The minimum atomic E-state index is -0.364. The van der Waals surface area contributed by atoms with E-state index in [1.807, 2.05) is 13.0 Å². The molecule has 128 valence electrons. The molecule has 0 unspecified atom stereocenters. The number of amides is 1. The standard InChI is InChI=1S/C19H18FN3O2/c1-2-17-21-16-10-6-4-8-14(16)19(25)23(17)22-18(24)12-11-13-7-3-5-9-15(13)20/h3-10H,2,11-12H2,1H3,(H,22,24). The van der Waals surface area contributed by atoms with Gasteiger partial charge in [-0.05, 0) is 30.2 Å². The normalized spacial score (nSPS) is 10.8. The number of carbonyl (C=O) groups is 1. The molecule has 0 saturated carbocycles. The van der Waals surface area contributed by atoms with Crippen LogP contribution in [0.4, 0.5) is 4.39 Å². The maximum Gasteiger partial charge on any atom is 0.280 e. The van der Waals surface area contributed by atoms with Crippen LogP contribution in [0.1, 0.15) is 24.7 Å². The van der Waals surface area contributed by atoms with Crippen molar-refractivity contribution in [2.45, 2.75) is 26.2 Å². The second-order valence-corrected chi connectivity index (χ2v) is 5.67. The molecule has 3 aromatic rings. The molecular weight excluding hydrogens is 321 g/mol. The number of halogens is 1. The van der Waals surface area contributed by atoms with E-state index in [1.165, 1.54) is 10.7 Å². The Morgan fingerprint density at radius 1 is 1.16 bits per heavy atom. The third kappa shape index (κ3) is 3.57. The third-order valence-electron chi connectivity index (χ3n) is 3.98. The van der Waals surface area contributed by atoms with Crippen LogP contribution in [-0.2, 0) is 17.6 Å². The van der Waals surface area contributed by atoms with E-state index in [0.717, 1.165) is 0 Å². The Morgan fingerprint density at radius 2 is 1.88 bits per heavy atom. The highest BCUT2D eigenvalue weighted by molar-refractivity contribution is 5.84. The number of benzene rings is 2. The number of carbonyl (C=O) groups excluding carboxylic acids is 1. The highest BCUT2D eigenvalue weighted by Crippen LogP contribution is 2.10. The summed E-state index contributed by atoms with van der Waals surface area (Å²) in [6, 6.07) is 13.3. The minimum Gasteiger partial charge on any atom is -0.273 e. The summed E-state index contributed by atoms with van der Waals surface area (Å²) in [5.74, 6) is -0.228. The first-order chi connectivity index (χ1) is 12.1. The fourth-order valence-electron chi connectivity index (χ4n) is 2.66. The molecule has 0 spiro atoms. The highest BCUT2D eigenvalue weighted by atomic mass is 19.1. The first kappa shape index (κ1) is 16.8. The number of hydrogen-bond donors (Lipinski definition) is 1. The summed E-state index contributed by atoms with van der Waals surface area (Å²) in [4.78, 5) is 29.3. The highest BCUT2D eigenvalue weighted by Gasteiger charge is 2.12. The summed E-state index contributed by atoms with van der Waals surface area (Å²) in [5, 5.41) is 0.439. The quantitative estimate of drug-likeness (QED) is 0.777. The van der Waals surface area contributed by atoms with E-state index in [9.17, 15) is 14.0 Å². The van der Waals surface area contributed by atoms with Crippen molar-refractivity contribution < 1.29 is 9.18 Å². The minimum absolute atomic E-state index is 0.0728. The van der Waals surface area contributed by atoms with Gasteiger partial charge in [-0.3, -0.25) is 15.0 Å². The van der Waals surface area contributed by atoms with Gasteiger partial charge in [-0.15, -0.1) is 0 Å². The number of hydrogen-bond acceptors (Lipinski definition) is 3. The van der Waals surface area contributed by atoms with Crippen LogP contribution in [0.25, 0.3) is 10.9 Å². The Hall–Kier alpha value is -3.02. The van der Waals surface area contributed by atoms with Crippen molar-refractivity contribution in [1.82, 2.24) is 9.66 Å². The number of nitrogens with one attached hydrogen (secondary N) is 1. The smallest absolute Gasteiger partial charge is 0.273 e. The van der Waals surface area contributed by atoms with Crippen LogP contribution in [-0.4, -0.2) is 15.6 Å². The largest absolute Gasteiger partial charge is 0.280 e. The van der Waals surface area contributed by atoms with Crippen molar-refractivity contribution in [2.75, 3.05) is 5.43 Å². The molecule has 0 radical (unpaired) electrons. The molecular formula is C19H18FN3O2. The van der Waals surface area contributed by atoms with Crippen molar-refractivity contribution >= 4 is 16.8 Å². The van der Waals surface area contributed by atoms with E-state index < -0.39 is 0 Å². The summed E-state index contributed by atoms with van der Waals surface area (Å²) in [6.07, 6.45) is 0.826. The molecule has 0 fully saturated rings. The predicted molar refractivity (Wildman–Crippen MR) is 94.5 cm³/mol. The van der Waals surface area contributed by atoms with Crippen molar-refractivity contribution in [3.63, 3.8) is 0 Å². The van der Waals surface area contributed by atoms with Gasteiger partial charge in [0, 0.05) is 12.8 Å². The molecule has 1 heterocycles. The molecule has 2 aromatic carbocycles. The number of aryl methyl sites for hydroxylation is 2. The summed E-state index contributed by atoms with van der Waals surface area (Å²) in [5.41, 5.74) is 3.34. The van der Waals surface area contributed by atoms with E-state index >= 15 is 0 Å². The fourth-order valence-corrected chi connectivity index (χ4v) is 2.66. The Balaban J connectivity index is 1.82. The van der Waals surface area contributed by atoms with Gasteiger partial charge in [0.1, 0.15) is 11.6 Å². The van der Waals surface area contributed by atoms with Crippen molar-refractivity contribution in [1.29, 1.82) is 0 Å². The van der Waals surface area contributed by atoms with Gasteiger partial charge in [-0.25, -0.2) is 14.1 Å². The van der Waals surface area contributed by atoms with Crippen LogP contribution in [0.2, 0.25) is 0 Å². The molecule has 25 heavy (non-hydrogen) atoms. The zero-order valence-corrected chi connectivity index (χ0v) is 13.8. The van der Waals surface area contributed by atoms with Crippen molar-refractivity contribution in [2.24, 2.45) is 0 Å². The van der Waals surface area contributed by atoms with E-state index in [-0.39, 0.29) is 30.1 Å². The molecule has 6 heteroatoms. The van der Waals surface area contributed by atoms with Gasteiger partial charge in [-0.1, -0.05) is 37.3 Å². The summed E-state index contributed by atoms with van der Waals surface area (Å²) in [7, 11) is 0. The number of aromatic nitrogens is 2. The second-order valence-electron chi connectivity index (χ2n) is 5.67. The molecule has 5 nitrogen and oxygen atoms in total. The monoisotopic (exact) mass is 339 g/mol. The average Bonchev–Trinajstić information content (AvgIpc) is 2.63. The Kier molecular flexibility index (Phi) is 4.88. The molecule has 3 rings (SSSR count). The van der Waals surface area contributed by atoms with Crippen LogP contribution >= 0.6 is 0 Å². The molecule has 0 aliphatic carbocycles. The second kappa shape index (κ2) is 7.25. The Bertz CT molecular complexity index is 982. The summed E-state index contributed by atoms with van der Waals surface area (Å²) >= 11 is 0. The van der Waals surface area contributed by atoms with Crippen molar-refractivity contribution in [3.8, 4) is 0 Å². The van der Waals surface area contributed by atoms with Gasteiger partial charge in [0.25, 0.3) is 5.56 Å². The SMILES string of the molecule is CCc1nc2ccccc2c(=O)n1NC(=O)CCc1ccccc1F. The first-order valence-corrected chi connectivity index (χ1v) is 8.14. The maximum atomic E-state index is 13.6. The molecule has 0 bridgehead atoms. The topological polar surface area (TPSA) is 64.0 Å². The van der Waals surface area contributed by atoms with Gasteiger partial charge in [0.05, 0.1) is 10.9 Å². The van der Waals surface area contributed by atoms with Gasteiger partial charge in [0.15, 0.2) is 0 Å². The molecule has 1 N–H and O–H groups in total. The number of para-hydroxylation sites is 1. The van der Waals surface area contributed by atoms with Gasteiger partial charge >= 0.3 is 0 Å². The lowest BCUT2D eigenvalue weighted by Gasteiger charge is -2.13. The van der Waals surface area contributed by atoms with E-state index in [0.29, 0.717) is 28.7 Å². The molecule has 0 saturated heterocycles. The fraction of sp³-hybridized carbons (Fsp3) is 0.211. The predicted octanol–water partition coefficient (Wildman–Crippen LogP) is 2.80. The number of rotatable bonds is 5. The first-order valence-electron chi connectivity index (χ1n) is 8.14. The Labute approximate surface area is 144 Å². The van der Waals surface area contributed by atoms with Gasteiger partial charge in [0.2, 0.25) is 5.91 Å². The average molecular weight is 339 g/mol. The zero-order valence-electron chi connectivity index (χ0n) is 13.8. The molecule has 0 aliphatic heterocycles. The zero-order chi connectivity index (χ0) is 17.8. The maximum absolute atomic E-state index is 13.6. The van der Waals surface area contributed by atoms with E-state index in [2.05, 4.69) is 10.4 Å². The lowest BCUT2D eigenvalue weighted by atomic mass is 10.1. The summed E-state index contributed by atoms with van der Waals surface area (Å²) < 4.78 is 14.8. The van der Waals surface area contributed by atoms with Crippen LogP contribution in [0.5, 0.6) is 0 Å². The number of nitrogens with zero attached hydrogens (tertiary/aromatic N) is 2. The molecule has 1 amide bonds.